The van der Waals surface area contributed by atoms with Gasteiger partial charge in [0.2, 0.25) is 0 Å². The van der Waals surface area contributed by atoms with Crippen molar-refractivity contribution in [1.82, 2.24) is 0 Å². The van der Waals surface area contributed by atoms with Crippen molar-refractivity contribution < 1.29 is 0 Å². The molecule has 9 aromatic carbocycles. The van der Waals surface area contributed by atoms with E-state index in [4.69, 9.17) is 0 Å². The first-order valence-electron chi connectivity index (χ1n) is 20.7. The van der Waals surface area contributed by atoms with Crippen LogP contribution >= 0.6 is 0 Å². The minimum absolute atomic E-state index is 0.345. The Morgan fingerprint density at radius 1 is 0.305 bits per heavy atom. The van der Waals surface area contributed by atoms with E-state index in [0.29, 0.717) is 0 Å². The van der Waals surface area contributed by atoms with Crippen LogP contribution in [0, 0.1) is 0 Å². The average Bonchev–Trinajstić information content (AvgIpc) is 3.60. The molecule has 0 saturated heterocycles. The number of fused-ring (bicyclic) bond motifs is 9. The molecule has 0 bridgehead atoms. The summed E-state index contributed by atoms with van der Waals surface area (Å²) >= 11 is 0. The van der Waals surface area contributed by atoms with Crippen LogP contribution in [-0.2, 0) is 10.8 Å². The van der Waals surface area contributed by atoms with Gasteiger partial charge in [0.25, 0.3) is 0 Å². The summed E-state index contributed by atoms with van der Waals surface area (Å²) in [7, 11) is 0. The van der Waals surface area contributed by atoms with Crippen LogP contribution in [-0.4, -0.2) is 0 Å². The second-order valence-corrected chi connectivity index (χ2v) is 16.4. The first kappa shape index (κ1) is 35.0. The number of hydrogen-bond acceptors (Lipinski definition) is 1. The van der Waals surface area contributed by atoms with Crippen molar-refractivity contribution in [2.24, 2.45) is 0 Å². The van der Waals surface area contributed by atoms with Gasteiger partial charge in [-0.25, -0.2) is 0 Å². The van der Waals surface area contributed by atoms with E-state index < -0.39 is 5.41 Å². The van der Waals surface area contributed by atoms with Crippen LogP contribution in [0.4, 0.5) is 17.1 Å². The smallest absolute Gasteiger partial charge is 0.0720 e. The predicted octanol–water partition coefficient (Wildman–Crippen LogP) is 15.2. The first-order chi connectivity index (χ1) is 29.0. The zero-order chi connectivity index (χ0) is 39.6. The standard InChI is InChI=1S/C58H43N/c1-57(2)52-32-16-17-33-53(52)58(50-30-14-12-28-47(50)48-29-13-15-31-51(48)58)54-34-19-35-55(56(54)57)59(44-27-18-26-43(38-44)40-20-6-3-7-21-40)45-36-37-46(41-22-8-4-9-23-41)49(39-45)42-24-10-5-11-25-42/h3-39H,1-2H3. The van der Waals surface area contributed by atoms with E-state index in [9.17, 15) is 0 Å². The van der Waals surface area contributed by atoms with Gasteiger partial charge in [-0.15, -0.1) is 0 Å². The molecule has 0 fully saturated rings. The molecule has 1 nitrogen and oxygen atoms in total. The van der Waals surface area contributed by atoms with Gasteiger partial charge in [0.1, 0.15) is 0 Å². The summed E-state index contributed by atoms with van der Waals surface area (Å²) in [6, 6.07) is 83.0. The van der Waals surface area contributed by atoms with E-state index in [2.05, 4.69) is 243 Å². The lowest BCUT2D eigenvalue weighted by Crippen LogP contribution is -2.41. The Bertz CT molecular complexity index is 2970. The van der Waals surface area contributed by atoms with Crippen LogP contribution in [0.15, 0.2) is 224 Å². The van der Waals surface area contributed by atoms with Crippen LogP contribution in [0.3, 0.4) is 0 Å². The first-order valence-corrected chi connectivity index (χ1v) is 20.7. The molecular formula is C58H43N. The Kier molecular flexibility index (Phi) is 8.13. The molecule has 2 aliphatic rings. The Hall–Kier alpha value is -7.22. The molecule has 0 amide bonds. The Balaban J connectivity index is 1.24. The maximum absolute atomic E-state index is 2.53. The molecule has 0 atom stereocenters. The van der Waals surface area contributed by atoms with Crippen LogP contribution in [0.2, 0.25) is 0 Å². The molecule has 0 aromatic heterocycles. The van der Waals surface area contributed by atoms with Crippen molar-refractivity contribution in [2.45, 2.75) is 24.7 Å². The third-order valence-electron chi connectivity index (χ3n) is 12.9. The van der Waals surface area contributed by atoms with Gasteiger partial charge in [-0.05, 0) is 108 Å². The summed E-state index contributed by atoms with van der Waals surface area (Å²) < 4.78 is 0. The van der Waals surface area contributed by atoms with Crippen molar-refractivity contribution >= 4 is 17.1 Å². The quantitative estimate of drug-likeness (QED) is 0.163. The molecule has 0 N–H and O–H groups in total. The zero-order valence-corrected chi connectivity index (χ0v) is 33.3. The lowest BCUT2D eigenvalue weighted by atomic mass is 9.55. The Morgan fingerprint density at radius 3 is 1.42 bits per heavy atom. The fourth-order valence-corrected chi connectivity index (χ4v) is 10.4. The van der Waals surface area contributed by atoms with E-state index in [1.165, 1.54) is 83.6 Å². The fourth-order valence-electron chi connectivity index (χ4n) is 10.4. The van der Waals surface area contributed by atoms with E-state index >= 15 is 0 Å². The molecule has 280 valence electrons. The van der Waals surface area contributed by atoms with E-state index in [1.807, 2.05) is 0 Å². The number of anilines is 3. The summed E-state index contributed by atoms with van der Waals surface area (Å²) in [6.07, 6.45) is 0. The van der Waals surface area contributed by atoms with Gasteiger partial charge in [-0.2, -0.15) is 0 Å². The molecule has 0 unspecified atom stereocenters. The van der Waals surface area contributed by atoms with Crippen molar-refractivity contribution in [3.8, 4) is 44.5 Å². The monoisotopic (exact) mass is 753 g/mol. The van der Waals surface area contributed by atoms with E-state index in [-0.39, 0.29) is 5.41 Å². The van der Waals surface area contributed by atoms with Crippen molar-refractivity contribution in [3.05, 3.63) is 258 Å². The highest BCUT2D eigenvalue weighted by molar-refractivity contribution is 5.93. The lowest BCUT2D eigenvalue weighted by molar-refractivity contribution is 0.564. The van der Waals surface area contributed by atoms with Crippen LogP contribution < -0.4 is 4.90 Å². The summed E-state index contributed by atoms with van der Waals surface area (Å²) in [6.45, 7) is 4.86. The molecule has 11 rings (SSSR count). The molecule has 0 aliphatic heterocycles. The largest absolute Gasteiger partial charge is 0.310 e. The number of benzene rings is 9. The second-order valence-electron chi connectivity index (χ2n) is 16.4. The highest BCUT2D eigenvalue weighted by atomic mass is 15.1. The van der Waals surface area contributed by atoms with Gasteiger partial charge < -0.3 is 4.90 Å². The fraction of sp³-hybridized carbons (Fsp3) is 0.0690. The Morgan fingerprint density at radius 2 is 0.780 bits per heavy atom. The highest BCUT2D eigenvalue weighted by Gasteiger charge is 2.54. The van der Waals surface area contributed by atoms with E-state index in [0.717, 1.165) is 11.4 Å². The van der Waals surface area contributed by atoms with Gasteiger partial charge in [0.15, 0.2) is 0 Å². The molecule has 1 spiro atoms. The summed E-state index contributed by atoms with van der Waals surface area (Å²) in [4.78, 5) is 2.53. The molecule has 2 aliphatic carbocycles. The minimum Gasteiger partial charge on any atom is -0.310 e. The normalized spacial score (nSPS) is 13.9. The lowest BCUT2D eigenvalue weighted by Gasteiger charge is -2.48. The van der Waals surface area contributed by atoms with E-state index in [1.54, 1.807) is 0 Å². The zero-order valence-electron chi connectivity index (χ0n) is 33.3. The third-order valence-corrected chi connectivity index (χ3v) is 12.9. The van der Waals surface area contributed by atoms with Gasteiger partial charge in [0, 0.05) is 16.8 Å². The van der Waals surface area contributed by atoms with Crippen LogP contribution in [0.25, 0.3) is 44.5 Å². The molecule has 9 aromatic rings. The topological polar surface area (TPSA) is 3.24 Å². The summed E-state index contributed by atoms with van der Waals surface area (Å²) in [5.41, 5.74) is 20.4. The number of hydrogen-bond donors (Lipinski definition) is 0. The van der Waals surface area contributed by atoms with Crippen LogP contribution in [0.1, 0.15) is 47.2 Å². The predicted molar refractivity (Wildman–Crippen MR) is 247 cm³/mol. The maximum Gasteiger partial charge on any atom is 0.0720 e. The summed E-state index contributed by atoms with van der Waals surface area (Å²) in [5, 5.41) is 0. The highest BCUT2D eigenvalue weighted by Crippen LogP contribution is 2.63. The van der Waals surface area contributed by atoms with Gasteiger partial charge in [-0.1, -0.05) is 208 Å². The van der Waals surface area contributed by atoms with Gasteiger partial charge in [0.05, 0.1) is 11.1 Å². The molecule has 0 heterocycles. The van der Waals surface area contributed by atoms with Crippen molar-refractivity contribution in [1.29, 1.82) is 0 Å². The minimum atomic E-state index is -0.492. The summed E-state index contributed by atoms with van der Waals surface area (Å²) in [5.74, 6) is 0. The molecule has 0 radical (unpaired) electrons. The SMILES string of the molecule is CC1(C)c2ccccc2C2(c3ccccc3-c3ccccc32)c2cccc(N(c3cccc(-c4ccccc4)c3)c3ccc(-c4ccccc4)c(-c4ccccc4)c3)c21. The van der Waals surface area contributed by atoms with Crippen molar-refractivity contribution in [3.63, 3.8) is 0 Å². The molecule has 1 heteroatoms. The number of rotatable bonds is 6. The third kappa shape index (κ3) is 5.31. The van der Waals surface area contributed by atoms with Crippen molar-refractivity contribution in [2.75, 3.05) is 4.90 Å². The average molecular weight is 754 g/mol. The van der Waals surface area contributed by atoms with Gasteiger partial charge >= 0.3 is 0 Å². The maximum atomic E-state index is 2.53. The van der Waals surface area contributed by atoms with Gasteiger partial charge in [-0.3, -0.25) is 0 Å². The Labute approximate surface area is 347 Å². The van der Waals surface area contributed by atoms with Crippen LogP contribution in [0.5, 0.6) is 0 Å². The second kappa shape index (κ2) is 13.7. The molecular weight excluding hydrogens is 711 g/mol. The molecule has 0 saturated carbocycles. The molecule has 59 heavy (non-hydrogen) atoms. The number of nitrogens with zero attached hydrogens (tertiary/aromatic N) is 1.